The number of fused-ring (bicyclic) bond motifs is 1. The topological polar surface area (TPSA) is 52.1 Å². The number of thioether (sulfide) groups is 1. The molecule has 0 amide bonds. The van der Waals surface area contributed by atoms with E-state index in [4.69, 9.17) is 0 Å². The van der Waals surface area contributed by atoms with Crippen molar-refractivity contribution in [2.45, 2.75) is 31.3 Å². The molecule has 16 heavy (non-hydrogen) atoms. The molecule has 0 saturated carbocycles. The van der Waals surface area contributed by atoms with Gasteiger partial charge in [-0.3, -0.25) is 4.79 Å². The normalized spacial score (nSPS) is 13.6. The van der Waals surface area contributed by atoms with Crippen molar-refractivity contribution in [2.75, 3.05) is 12.9 Å². The highest BCUT2D eigenvalue weighted by Crippen LogP contribution is 2.25. The van der Waals surface area contributed by atoms with E-state index in [-0.39, 0.29) is 11.7 Å². The Morgan fingerprint density at radius 2 is 2.25 bits per heavy atom. The first-order chi connectivity index (χ1) is 7.70. The molecule has 0 fully saturated rings. The van der Waals surface area contributed by atoms with E-state index in [1.807, 2.05) is 6.92 Å². The van der Waals surface area contributed by atoms with Crippen molar-refractivity contribution in [3.63, 3.8) is 0 Å². The van der Waals surface area contributed by atoms with Gasteiger partial charge in [0.25, 0.3) is 0 Å². The average molecular weight is 238 g/mol. The van der Waals surface area contributed by atoms with Crippen LogP contribution >= 0.6 is 11.8 Å². The predicted molar refractivity (Wildman–Crippen MR) is 61.5 cm³/mol. The summed E-state index contributed by atoms with van der Waals surface area (Å²) in [7, 11) is 1.39. The quantitative estimate of drug-likeness (QED) is 0.454. The summed E-state index contributed by atoms with van der Waals surface area (Å²) in [5.74, 6) is 0.0288. The zero-order chi connectivity index (χ0) is 11.5. The van der Waals surface area contributed by atoms with Crippen LogP contribution in [-0.2, 0) is 22.4 Å². The summed E-state index contributed by atoms with van der Waals surface area (Å²) in [4.78, 5) is 19.9. The molecule has 1 heterocycles. The van der Waals surface area contributed by atoms with Gasteiger partial charge in [-0.05, 0) is 31.7 Å². The van der Waals surface area contributed by atoms with E-state index in [0.29, 0.717) is 5.16 Å². The molecule has 86 valence electrons. The number of aromatic nitrogens is 2. The summed E-state index contributed by atoms with van der Waals surface area (Å²) in [6, 6.07) is 0. The minimum absolute atomic E-state index is 0.244. The van der Waals surface area contributed by atoms with Gasteiger partial charge in [-0.2, -0.15) is 0 Å². The maximum atomic E-state index is 11.0. The molecule has 0 radical (unpaired) electrons. The number of carbonyl (C=O) groups is 1. The third-order valence-electron chi connectivity index (χ3n) is 2.67. The molecular weight excluding hydrogens is 224 g/mol. The van der Waals surface area contributed by atoms with Crippen LogP contribution in [0.1, 0.15) is 23.4 Å². The Balaban J connectivity index is 2.11. The summed E-state index contributed by atoms with van der Waals surface area (Å²) < 4.78 is 4.58. The number of nitrogens with zero attached hydrogens (tertiary/aromatic N) is 2. The number of rotatable bonds is 3. The molecule has 0 unspecified atom stereocenters. The van der Waals surface area contributed by atoms with Crippen LogP contribution in [0.25, 0.3) is 0 Å². The molecule has 0 saturated heterocycles. The van der Waals surface area contributed by atoms with Gasteiger partial charge in [-0.15, -0.1) is 0 Å². The second kappa shape index (κ2) is 4.82. The SMILES string of the molecule is COC(=O)CSc1nc(C)c2c(n1)CCC2. The highest BCUT2D eigenvalue weighted by Gasteiger charge is 2.17. The zero-order valence-electron chi connectivity index (χ0n) is 9.45. The van der Waals surface area contributed by atoms with Crippen LogP contribution < -0.4 is 0 Å². The molecule has 5 heteroatoms. The first-order valence-electron chi connectivity index (χ1n) is 5.26. The number of hydrogen-bond donors (Lipinski definition) is 0. The number of hydrogen-bond acceptors (Lipinski definition) is 5. The molecule has 1 aromatic heterocycles. The Hall–Kier alpha value is -1.10. The summed E-state index contributed by atoms with van der Waals surface area (Å²) in [5.41, 5.74) is 3.50. The third-order valence-corrected chi connectivity index (χ3v) is 3.49. The molecule has 1 aromatic rings. The monoisotopic (exact) mass is 238 g/mol. The van der Waals surface area contributed by atoms with E-state index < -0.39 is 0 Å². The van der Waals surface area contributed by atoms with Gasteiger partial charge in [0.15, 0.2) is 5.16 Å². The first-order valence-corrected chi connectivity index (χ1v) is 6.25. The van der Waals surface area contributed by atoms with Crippen molar-refractivity contribution in [2.24, 2.45) is 0 Å². The maximum Gasteiger partial charge on any atom is 0.316 e. The molecule has 2 rings (SSSR count). The summed E-state index contributed by atoms with van der Waals surface area (Å²) in [6.45, 7) is 2.01. The largest absolute Gasteiger partial charge is 0.468 e. The van der Waals surface area contributed by atoms with Crippen LogP contribution in [0.15, 0.2) is 5.16 Å². The number of ether oxygens (including phenoxy) is 1. The van der Waals surface area contributed by atoms with Crippen LogP contribution in [0.2, 0.25) is 0 Å². The minimum Gasteiger partial charge on any atom is -0.468 e. The summed E-state index contributed by atoms with van der Waals surface area (Å²) in [6.07, 6.45) is 3.28. The molecule has 0 aromatic carbocycles. The van der Waals surface area contributed by atoms with Crippen LogP contribution in [0.5, 0.6) is 0 Å². The lowest BCUT2D eigenvalue weighted by Gasteiger charge is -2.05. The lowest BCUT2D eigenvalue weighted by Crippen LogP contribution is -2.05. The van der Waals surface area contributed by atoms with Gasteiger partial charge in [0.05, 0.1) is 12.9 Å². The Morgan fingerprint density at radius 3 is 3.00 bits per heavy atom. The molecule has 4 nitrogen and oxygen atoms in total. The fourth-order valence-electron chi connectivity index (χ4n) is 1.84. The van der Waals surface area contributed by atoms with E-state index in [2.05, 4.69) is 14.7 Å². The number of esters is 1. The summed E-state index contributed by atoms with van der Waals surface area (Å²) in [5, 5.41) is 0.684. The number of carbonyl (C=O) groups excluding carboxylic acids is 1. The molecule has 0 spiro atoms. The molecule has 0 N–H and O–H groups in total. The summed E-state index contributed by atoms with van der Waals surface area (Å²) >= 11 is 1.34. The van der Waals surface area contributed by atoms with Gasteiger partial charge in [0.2, 0.25) is 0 Å². The van der Waals surface area contributed by atoms with E-state index in [1.165, 1.54) is 24.4 Å². The van der Waals surface area contributed by atoms with Gasteiger partial charge in [-0.1, -0.05) is 11.8 Å². The van der Waals surface area contributed by atoms with Gasteiger partial charge in [-0.25, -0.2) is 9.97 Å². The highest BCUT2D eigenvalue weighted by molar-refractivity contribution is 7.99. The fourth-order valence-corrected chi connectivity index (χ4v) is 2.58. The van der Waals surface area contributed by atoms with Crippen LogP contribution in [0.4, 0.5) is 0 Å². The Bertz CT molecular complexity index is 421. The molecular formula is C11H14N2O2S. The Morgan fingerprint density at radius 1 is 1.44 bits per heavy atom. The second-order valence-electron chi connectivity index (χ2n) is 3.74. The standard InChI is InChI=1S/C11H14N2O2S/c1-7-8-4-3-5-9(8)13-11(12-7)16-6-10(14)15-2/h3-6H2,1-2H3. The van der Waals surface area contributed by atoms with E-state index in [1.54, 1.807) is 0 Å². The Labute approximate surface area is 98.8 Å². The van der Waals surface area contributed by atoms with Crippen molar-refractivity contribution in [3.05, 3.63) is 17.0 Å². The number of methoxy groups -OCH3 is 1. The van der Waals surface area contributed by atoms with E-state index >= 15 is 0 Å². The zero-order valence-corrected chi connectivity index (χ0v) is 10.3. The number of aryl methyl sites for hydroxylation is 2. The second-order valence-corrected chi connectivity index (χ2v) is 4.68. The Kier molecular flexibility index (Phi) is 3.43. The predicted octanol–water partition coefficient (Wildman–Crippen LogP) is 1.54. The lowest BCUT2D eigenvalue weighted by atomic mass is 10.2. The smallest absolute Gasteiger partial charge is 0.316 e. The van der Waals surface area contributed by atoms with Crippen LogP contribution in [-0.4, -0.2) is 28.8 Å². The first kappa shape index (κ1) is 11.4. The van der Waals surface area contributed by atoms with Crippen molar-refractivity contribution < 1.29 is 9.53 Å². The molecule has 0 bridgehead atoms. The molecule has 0 aliphatic heterocycles. The highest BCUT2D eigenvalue weighted by atomic mass is 32.2. The fraction of sp³-hybridized carbons (Fsp3) is 0.545. The van der Waals surface area contributed by atoms with Crippen molar-refractivity contribution in [1.29, 1.82) is 0 Å². The van der Waals surface area contributed by atoms with Crippen molar-refractivity contribution >= 4 is 17.7 Å². The van der Waals surface area contributed by atoms with E-state index in [9.17, 15) is 4.79 Å². The van der Waals surface area contributed by atoms with Crippen LogP contribution in [0, 0.1) is 6.92 Å². The maximum absolute atomic E-state index is 11.0. The minimum atomic E-state index is -0.244. The molecule has 1 aliphatic carbocycles. The lowest BCUT2D eigenvalue weighted by molar-refractivity contribution is -0.137. The average Bonchev–Trinajstić information content (AvgIpc) is 2.74. The van der Waals surface area contributed by atoms with Crippen molar-refractivity contribution in [3.8, 4) is 0 Å². The van der Waals surface area contributed by atoms with E-state index in [0.717, 1.165) is 30.7 Å². The van der Waals surface area contributed by atoms with Crippen molar-refractivity contribution in [1.82, 2.24) is 9.97 Å². The van der Waals surface area contributed by atoms with Gasteiger partial charge in [0, 0.05) is 11.4 Å². The van der Waals surface area contributed by atoms with Gasteiger partial charge in [0.1, 0.15) is 0 Å². The molecule has 0 atom stereocenters. The third kappa shape index (κ3) is 2.35. The van der Waals surface area contributed by atoms with Gasteiger partial charge >= 0.3 is 5.97 Å². The molecule has 1 aliphatic rings. The van der Waals surface area contributed by atoms with Gasteiger partial charge < -0.3 is 4.74 Å². The van der Waals surface area contributed by atoms with Crippen LogP contribution in [0.3, 0.4) is 0 Å².